The maximum absolute atomic E-state index is 13.5. The fourth-order valence-electron chi connectivity index (χ4n) is 2.44. The van der Waals surface area contributed by atoms with Crippen LogP contribution in [0, 0.1) is 0 Å². The first-order chi connectivity index (χ1) is 11.6. The minimum atomic E-state index is -0.892. The number of alkyl halides is 1. The minimum Gasteiger partial charge on any atom is -0.467 e. The van der Waals surface area contributed by atoms with Gasteiger partial charge in [0.15, 0.2) is 0 Å². The molecule has 1 atom stereocenters. The zero-order valence-corrected chi connectivity index (χ0v) is 13.2. The molecule has 24 heavy (non-hydrogen) atoms. The van der Waals surface area contributed by atoms with E-state index in [1.54, 1.807) is 64.8 Å². The Morgan fingerprint density at radius 1 is 1.25 bits per heavy atom. The van der Waals surface area contributed by atoms with Gasteiger partial charge in [-0.3, -0.25) is 10.0 Å². The number of carbonyl (C=O) groups excluding carboxylic acids is 1. The highest BCUT2D eigenvalue weighted by molar-refractivity contribution is 6.30. The number of nitrogens with zero attached hydrogens (tertiary/aromatic N) is 1. The Hall–Kier alpha value is -2.57. The molecule has 2 N–H and O–H groups in total. The van der Waals surface area contributed by atoms with Crippen LogP contribution in [0.2, 0.25) is 5.02 Å². The molecule has 5 nitrogen and oxygen atoms in total. The summed E-state index contributed by atoms with van der Waals surface area (Å²) in [6.45, 7) is -0.761. The number of nitrogens with one attached hydrogen (secondary N) is 1. The maximum Gasteiger partial charge on any atom is 0.274 e. The number of benzene rings is 2. The summed E-state index contributed by atoms with van der Waals surface area (Å²) in [6, 6.07) is 13.3. The third kappa shape index (κ3) is 3.20. The third-order valence-electron chi connectivity index (χ3n) is 3.62. The number of rotatable bonds is 5. The molecule has 0 bridgehead atoms. The number of aromatic nitrogens is 1. The predicted molar refractivity (Wildman–Crippen MR) is 88.3 cm³/mol. The minimum absolute atomic E-state index is 0.258. The summed E-state index contributed by atoms with van der Waals surface area (Å²) >= 11 is 5.83. The van der Waals surface area contributed by atoms with Crippen molar-refractivity contribution in [2.75, 3.05) is 6.67 Å². The van der Waals surface area contributed by atoms with Gasteiger partial charge in [0.25, 0.3) is 5.91 Å². The molecule has 0 saturated carbocycles. The van der Waals surface area contributed by atoms with Crippen LogP contribution >= 0.6 is 11.6 Å². The van der Waals surface area contributed by atoms with Crippen molar-refractivity contribution in [2.24, 2.45) is 0 Å². The van der Waals surface area contributed by atoms with E-state index >= 15 is 0 Å². The second-order valence-corrected chi connectivity index (χ2v) is 5.55. The van der Waals surface area contributed by atoms with Gasteiger partial charge in [-0.1, -0.05) is 17.7 Å². The summed E-state index contributed by atoms with van der Waals surface area (Å²) in [7, 11) is 0. The SMILES string of the molecule is O=C(NO)c1ccc2ccn(C(CF)Oc3ccc(Cl)cc3)c2c1. The average molecular weight is 349 g/mol. The van der Waals surface area contributed by atoms with E-state index in [4.69, 9.17) is 21.5 Å². The molecule has 0 radical (unpaired) electrons. The lowest BCUT2D eigenvalue weighted by atomic mass is 10.1. The van der Waals surface area contributed by atoms with E-state index < -0.39 is 18.8 Å². The topological polar surface area (TPSA) is 63.5 Å². The molecule has 0 aliphatic carbocycles. The van der Waals surface area contributed by atoms with Crippen LogP contribution in [-0.2, 0) is 0 Å². The van der Waals surface area contributed by atoms with Gasteiger partial charge in [0, 0.05) is 16.8 Å². The van der Waals surface area contributed by atoms with Crippen molar-refractivity contribution in [3.63, 3.8) is 0 Å². The van der Waals surface area contributed by atoms with Crippen LogP contribution in [0.1, 0.15) is 16.6 Å². The van der Waals surface area contributed by atoms with E-state index in [1.165, 1.54) is 0 Å². The molecule has 3 aromatic rings. The molecule has 0 saturated heterocycles. The molecule has 124 valence electrons. The molecular formula is C17H14ClFN2O3. The zero-order valence-electron chi connectivity index (χ0n) is 12.4. The molecule has 1 aromatic heterocycles. The maximum atomic E-state index is 13.5. The lowest BCUT2D eigenvalue weighted by molar-refractivity contribution is 0.0706. The van der Waals surface area contributed by atoms with Crippen molar-refractivity contribution < 1.29 is 19.1 Å². The molecular weight excluding hydrogens is 335 g/mol. The molecule has 0 aliphatic heterocycles. The third-order valence-corrected chi connectivity index (χ3v) is 3.87. The lowest BCUT2D eigenvalue weighted by Gasteiger charge is -2.19. The Bertz CT molecular complexity index is 864. The summed E-state index contributed by atoms with van der Waals surface area (Å²) in [4.78, 5) is 11.6. The van der Waals surface area contributed by atoms with Gasteiger partial charge < -0.3 is 9.30 Å². The first-order valence-electron chi connectivity index (χ1n) is 7.15. The Morgan fingerprint density at radius 2 is 2.00 bits per heavy atom. The number of amides is 1. The molecule has 7 heteroatoms. The summed E-state index contributed by atoms with van der Waals surface area (Å²) < 4.78 is 20.8. The number of hydroxylamine groups is 1. The van der Waals surface area contributed by atoms with Crippen LogP contribution in [0.15, 0.2) is 54.7 Å². The van der Waals surface area contributed by atoms with Crippen molar-refractivity contribution in [3.05, 3.63) is 65.3 Å². The largest absolute Gasteiger partial charge is 0.467 e. The van der Waals surface area contributed by atoms with Crippen LogP contribution < -0.4 is 10.2 Å². The van der Waals surface area contributed by atoms with Gasteiger partial charge >= 0.3 is 0 Å². The highest BCUT2D eigenvalue weighted by Crippen LogP contribution is 2.25. The monoisotopic (exact) mass is 348 g/mol. The molecule has 0 aliphatic rings. The number of ether oxygens (including phenoxy) is 1. The van der Waals surface area contributed by atoms with E-state index in [0.29, 0.717) is 16.3 Å². The quantitative estimate of drug-likeness (QED) is 0.542. The predicted octanol–water partition coefficient (Wildman–Crippen LogP) is 3.96. The van der Waals surface area contributed by atoms with Crippen LogP contribution in [0.3, 0.4) is 0 Å². The molecule has 0 spiro atoms. The van der Waals surface area contributed by atoms with Crippen LogP contribution in [0.25, 0.3) is 10.9 Å². The van der Waals surface area contributed by atoms with Crippen LogP contribution in [0.4, 0.5) is 4.39 Å². The first kappa shape index (κ1) is 16.3. The molecule has 1 unspecified atom stereocenters. The molecule has 1 amide bonds. The zero-order chi connectivity index (χ0) is 17.1. The lowest BCUT2D eigenvalue weighted by Crippen LogP contribution is -2.19. The van der Waals surface area contributed by atoms with Gasteiger partial charge in [-0.05, 0) is 47.9 Å². The summed E-state index contributed by atoms with van der Waals surface area (Å²) in [5.74, 6) is -0.159. The smallest absolute Gasteiger partial charge is 0.274 e. The highest BCUT2D eigenvalue weighted by Gasteiger charge is 2.16. The summed E-state index contributed by atoms with van der Waals surface area (Å²) in [6.07, 6.45) is 0.793. The summed E-state index contributed by atoms with van der Waals surface area (Å²) in [5, 5.41) is 10.1. The van der Waals surface area contributed by atoms with Gasteiger partial charge in [0.05, 0.1) is 5.52 Å². The number of hydrogen-bond donors (Lipinski definition) is 2. The number of fused-ring (bicyclic) bond motifs is 1. The Labute approximate surface area is 142 Å². The van der Waals surface area contributed by atoms with Crippen molar-refractivity contribution in [3.8, 4) is 5.75 Å². The van der Waals surface area contributed by atoms with Gasteiger partial charge in [-0.2, -0.15) is 0 Å². The van der Waals surface area contributed by atoms with Gasteiger partial charge in [0.1, 0.15) is 12.4 Å². The van der Waals surface area contributed by atoms with Crippen LogP contribution in [-0.4, -0.2) is 22.4 Å². The Kier molecular flexibility index (Phi) is 4.69. The number of halogens is 2. The van der Waals surface area contributed by atoms with Gasteiger partial charge in [0.2, 0.25) is 6.23 Å². The Morgan fingerprint density at radius 3 is 2.67 bits per heavy atom. The van der Waals surface area contributed by atoms with E-state index in [2.05, 4.69) is 0 Å². The van der Waals surface area contributed by atoms with E-state index in [1.807, 2.05) is 0 Å². The molecule has 1 heterocycles. The second kappa shape index (κ2) is 6.90. The van der Waals surface area contributed by atoms with Crippen molar-refractivity contribution >= 4 is 28.4 Å². The first-order valence-corrected chi connectivity index (χ1v) is 7.53. The number of hydrogen-bond acceptors (Lipinski definition) is 3. The molecule has 2 aromatic carbocycles. The normalized spacial score (nSPS) is 12.1. The van der Waals surface area contributed by atoms with Crippen molar-refractivity contribution in [1.82, 2.24) is 10.0 Å². The fraction of sp³-hybridized carbons (Fsp3) is 0.118. The van der Waals surface area contributed by atoms with E-state index in [0.717, 1.165) is 5.39 Å². The van der Waals surface area contributed by atoms with Gasteiger partial charge in [-0.15, -0.1) is 0 Å². The fourth-order valence-corrected chi connectivity index (χ4v) is 2.56. The van der Waals surface area contributed by atoms with Crippen molar-refractivity contribution in [1.29, 1.82) is 0 Å². The average Bonchev–Trinajstić information content (AvgIpc) is 3.03. The van der Waals surface area contributed by atoms with Crippen molar-refractivity contribution in [2.45, 2.75) is 6.23 Å². The molecule has 3 rings (SSSR count). The van der Waals surface area contributed by atoms with Gasteiger partial charge in [-0.25, -0.2) is 9.87 Å². The van der Waals surface area contributed by atoms with E-state index in [9.17, 15) is 9.18 Å². The van der Waals surface area contributed by atoms with Crippen LogP contribution in [0.5, 0.6) is 5.75 Å². The summed E-state index contributed by atoms with van der Waals surface area (Å²) in [5.41, 5.74) is 2.46. The molecule has 0 fully saturated rings. The highest BCUT2D eigenvalue weighted by atomic mass is 35.5. The van der Waals surface area contributed by atoms with E-state index in [-0.39, 0.29) is 5.56 Å². The second-order valence-electron chi connectivity index (χ2n) is 5.12. The number of carbonyl (C=O) groups is 1. The standard InChI is InChI=1S/C17H14ClFN2O3/c18-13-3-5-14(6-4-13)24-16(10-19)21-8-7-11-1-2-12(9-15(11)21)17(22)20-23/h1-9,16,23H,10H2,(H,20,22). The Balaban J connectivity index is 1.96.